The van der Waals surface area contributed by atoms with E-state index in [-0.39, 0.29) is 23.9 Å². The summed E-state index contributed by atoms with van der Waals surface area (Å²) >= 11 is 6.24. The summed E-state index contributed by atoms with van der Waals surface area (Å²) < 4.78 is 0. The summed E-state index contributed by atoms with van der Waals surface area (Å²) in [5.74, 6) is -0.224. The van der Waals surface area contributed by atoms with Crippen LogP contribution in [0.5, 0.6) is 0 Å². The van der Waals surface area contributed by atoms with Crippen LogP contribution in [-0.2, 0) is 4.79 Å². The minimum absolute atomic E-state index is 0.0295. The molecule has 34 heavy (non-hydrogen) atoms. The van der Waals surface area contributed by atoms with Crippen LogP contribution in [0.25, 0.3) is 22.8 Å². The van der Waals surface area contributed by atoms with Crippen molar-refractivity contribution < 1.29 is 9.59 Å². The van der Waals surface area contributed by atoms with Gasteiger partial charge in [-0.05, 0) is 62.2 Å². The lowest BCUT2D eigenvalue weighted by Crippen LogP contribution is -2.55. The second kappa shape index (κ2) is 8.78. The fraction of sp³-hybridized carbons (Fsp3) is 0.259. The zero-order valence-electron chi connectivity index (χ0n) is 19.4. The van der Waals surface area contributed by atoms with E-state index in [2.05, 4.69) is 29.5 Å². The number of benzene rings is 2. The monoisotopic (exact) mass is 474 g/mol. The normalized spacial score (nSPS) is 21.0. The number of aromatic amines is 1. The van der Waals surface area contributed by atoms with Gasteiger partial charge in [0.1, 0.15) is 0 Å². The molecule has 0 aliphatic carbocycles. The van der Waals surface area contributed by atoms with E-state index < -0.39 is 0 Å². The molecule has 3 N–H and O–H groups in total. The maximum atomic E-state index is 13.5. The highest BCUT2D eigenvalue weighted by atomic mass is 35.5. The third-order valence-electron chi connectivity index (χ3n) is 6.31. The van der Waals surface area contributed by atoms with Gasteiger partial charge < -0.3 is 20.5 Å². The van der Waals surface area contributed by atoms with Gasteiger partial charge in [0.05, 0.1) is 16.8 Å². The molecule has 2 amide bonds. The van der Waals surface area contributed by atoms with E-state index in [1.165, 1.54) is 0 Å². The molecule has 0 saturated carbocycles. The Hall–Kier alpha value is -3.35. The molecule has 6 nitrogen and oxygen atoms in total. The van der Waals surface area contributed by atoms with Crippen molar-refractivity contribution in [2.24, 2.45) is 0 Å². The average Bonchev–Trinajstić information content (AvgIpc) is 3.31. The number of carbonyl (C=O) groups excluding carboxylic acids is 2. The first-order valence-corrected chi connectivity index (χ1v) is 11.8. The summed E-state index contributed by atoms with van der Waals surface area (Å²) in [6.45, 7) is 7.37. The third-order valence-corrected chi connectivity index (χ3v) is 6.54. The molecule has 1 aromatic heterocycles. The van der Waals surface area contributed by atoms with E-state index in [1.807, 2.05) is 60.4 Å². The lowest BCUT2D eigenvalue weighted by atomic mass is 9.94. The Morgan fingerprint density at radius 2 is 1.82 bits per heavy atom. The second-order valence-corrected chi connectivity index (χ2v) is 9.65. The van der Waals surface area contributed by atoms with E-state index >= 15 is 0 Å². The molecule has 1 saturated heterocycles. The molecule has 174 valence electrons. The Morgan fingerprint density at radius 1 is 1.09 bits per heavy atom. The number of hydrogen-bond donors (Lipinski definition) is 3. The van der Waals surface area contributed by atoms with Crippen LogP contribution in [0, 0.1) is 6.92 Å². The van der Waals surface area contributed by atoms with Gasteiger partial charge in [-0.15, -0.1) is 0 Å². The Labute approximate surface area is 204 Å². The van der Waals surface area contributed by atoms with Gasteiger partial charge in [-0.25, -0.2) is 0 Å². The topological polar surface area (TPSA) is 77.2 Å². The van der Waals surface area contributed by atoms with Crippen molar-refractivity contribution >= 4 is 40.8 Å². The van der Waals surface area contributed by atoms with Crippen molar-refractivity contribution in [2.45, 2.75) is 32.9 Å². The lowest BCUT2D eigenvalue weighted by Gasteiger charge is -2.36. The number of anilines is 1. The summed E-state index contributed by atoms with van der Waals surface area (Å²) in [6, 6.07) is 15.7. The number of H-pyrrole nitrogens is 1. The molecule has 0 radical (unpaired) electrons. The molecule has 2 atom stereocenters. The van der Waals surface area contributed by atoms with Crippen LogP contribution in [-0.4, -0.2) is 46.9 Å². The largest absolute Gasteiger partial charge is 0.358 e. The molecule has 3 heterocycles. The van der Waals surface area contributed by atoms with Crippen molar-refractivity contribution in [1.82, 2.24) is 15.2 Å². The van der Waals surface area contributed by atoms with Gasteiger partial charge in [0.25, 0.3) is 11.8 Å². The van der Waals surface area contributed by atoms with Crippen molar-refractivity contribution in [3.8, 4) is 11.1 Å². The number of piperazine rings is 1. The molecule has 7 heteroatoms. The number of hydrogen-bond acceptors (Lipinski definition) is 3. The molecular formula is C27H27ClN4O2. The summed E-state index contributed by atoms with van der Waals surface area (Å²) in [5, 5.41) is 7.06. The Kier molecular flexibility index (Phi) is 5.80. The first-order valence-electron chi connectivity index (χ1n) is 11.5. The van der Waals surface area contributed by atoms with Crippen LogP contribution >= 0.6 is 11.6 Å². The second-order valence-electron chi connectivity index (χ2n) is 9.21. The van der Waals surface area contributed by atoms with Crippen molar-refractivity contribution in [3.63, 3.8) is 0 Å². The van der Waals surface area contributed by atoms with Crippen LogP contribution in [0.2, 0.25) is 5.02 Å². The number of halogens is 1. The van der Waals surface area contributed by atoms with Crippen molar-refractivity contribution in [1.29, 1.82) is 0 Å². The lowest BCUT2D eigenvalue weighted by molar-refractivity contribution is -0.110. The molecular weight excluding hydrogens is 448 g/mol. The van der Waals surface area contributed by atoms with Gasteiger partial charge in [-0.2, -0.15) is 0 Å². The number of nitrogens with zero attached hydrogens (tertiary/aromatic N) is 1. The highest BCUT2D eigenvalue weighted by molar-refractivity contribution is 6.36. The molecule has 0 bridgehead atoms. The molecule has 2 aliphatic heterocycles. The smallest absolute Gasteiger partial charge is 0.256 e. The standard InChI is InChI=1S/C27H27ClN4O2/c1-15-10-21(27(34)32-13-16(2)29-17(3)14-32)24(30-15)12-22-25-20(18-6-4-7-19(28)11-18)8-5-9-23(25)31-26(22)33/h4-12,16-17,29-30H,13-14H2,1-3H3,(H,31,33)/t16-,17-/m0/s1. The molecule has 3 aromatic rings. The summed E-state index contributed by atoms with van der Waals surface area (Å²) in [4.78, 5) is 31.7. The SMILES string of the molecule is Cc1cc(C(=O)N2C[C@H](C)N[C@@H](C)C2)c(C=C2C(=O)Nc3cccc(-c4cccc(Cl)c4)c32)[nH]1. The number of fused-ring (bicyclic) bond motifs is 1. The average molecular weight is 475 g/mol. The zero-order valence-corrected chi connectivity index (χ0v) is 20.2. The molecule has 5 rings (SSSR count). The number of carbonyl (C=O) groups is 2. The molecule has 2 aromatic carbocycles. The Bertz CT molecular complexity index is 1320. The quantitative estimate of drug-likeness (QED) is 0.469. The van der Waals surface area contributed by atoms with Gasteiger partial charge in [0, 0.05) is 47.1 Å². The summed E-state index contributed by atoms with van der Waals surface area (Å²) in [5.41, 5.74) is 5.99. The minimum atomic E-state index is -0.195. The number of nitrogens with one attached hydrogen (secondary N) is 3. The Balaban J connectivity index is 1.58. The maximum absolute atomic E-state index is 13.5. The van der Waals surface area contributed by atoms with E-state index in [1.54, 1.807) is 6.08 Å². The van der Waals surface area contributed by atoms with Gasteiger partial charge in [0.2, 0.25) is 0 Å². The van der Waals surface area contributed by atoms with Crippen LogP contribution in [0.4, 0.5) is 5.69 Å². The van der Waals surface area contributed by atoms with Gasteiger partial charge in [0.15, 0.2) is 0 Å². The Morgan fingerprint density at radius 3 is 2.56 bits per heavy atom. The number of aryl methyl sites for hydroxylation is 1. The van der Waals surface area contributed by atoms with Gasteiger partial charge >= 0.3 is 0 Å². The zero-order chi connectivity index (χ0) is 24.0. The number of rotatable bonds is 3. The molecule has 0 spiro atoms. The number of amides is 2. The van der Waals surface area contributed by atoms with E-state index in [0.717, 1.165) is 28.1 Å². The number of aromatic nitrogens is 1. The van der Waals surface area contributed by atoms with E-state index in [9.17, 15) is 9.59 Å². The molecule has 2 aliphatic rings. The van der Waals surface area contributed by atoms with E-state index in [0.29, 0.717) is 34.9 Å². The fourth-order valence-corrected chi connectivity index (χ4v) is 5.18. The van der Waals surface area contributed by atoms with Crippen molar-refractivity contribution in [2.75, 3.05) is 18.4 Å². The van der Waals surface area contributed by atoms with Crippen LogP contribution in [0.15, 0.2) is 48.5 Å². The predicted molar refractivity (Wildman–Crippen MR) is 137 cm³/mol. The highest BCUT2D eigenvalue weighted by Gasteiger charge is 2.30. The fourth-order valence-electron chi connectivity index (χ4n) is 4.99. The van der Waals surface area contributed by atoms with Crippen LogP contribution in [0.3, 0.4) is 0 Å². The van der Waals surface area contributed by atoms with E-state index in [4.69, 9.17) is 11.6 Å². The first kappa shape index (κ1) is 22.4. The van der Waals surface area contributed by atoms with Crippen molar-refractivity contribution in [3.05, 3.63) is 76.1 Å². The maximum Gasteiger partial charge on any atom is 0.256 e. The van der Waals surface area contributed by atoms with Crippen LogP contribution in [0.1, 0.15) is 41.2 Å². The van der Waals surface area contributed by atoms with Gasteiger partial charge in [-0.1, -0.05) is 35.9 Å². The molecule has 1 fully saturated rings. The third kappa shape index (κ3) is 4.15. The summed E-state index contributed by atoms with van der Waals surface area (Å²) in [7, 11) is 0. The minimum Gasteiger partial charge on any atom is -0.358 e. The van der Waals surface area contributed by atoms with Gasteiger partial charge in [-0.3, -0.25) is 9.59 Å². The predicted octanol–water partition coefficient (Wildman–Crippen LogP) is 4.96. The van der Waals surface area contributed by atoms with Crippen LogP contribution < -0.4 is 10.6 Å². The molecule has 0 unspecified atom stereocenters. The highest BCUT2D eigenvalue weighted by Crippen LogP contribution is 2.41. The first-order chi connectivity index (χ1) is 16.3. The summed E-state index contributed by atoms with van der Waals surface area (Å²) in [6.07, 6.45) is 1.80.